The van der Waals surface area contributed by atoms with Crippen LogP contribution in [0.3, 0.4) is 0 Å². The Labute approximate surface area is 297 Å². The zero-order valence-electron chi connectivity index (χ0n) is 29.2. The van der Waals surface area contributed by atoms with Crippen molar-refractivity contribution in [1.29, 1.82) is 0 Å². The topological polar surface area (TPSA) is 184 Å². The van der Waals surface area contributed by atoms with E-state index in [4.69, 9.17) is 20.2 Å². The van der Waals surface area contributed by atoms with Crippen LogP contribution in [-0.2, 0) is 9.53 Å². The number of aliphatic imine (C=N–C) groups is 1. The predicted molar refractivity (Wildman–Crippen MR) is 197 cm³/mol. The molecule has 2 aliphatic heterocycles. The van der Waals surface area contributed by atoms with Gasteiger partial charge in [-0.1, -0.05) is 12.1 Å². The van der Waals surface area contributed by atoms with E-state index in [9.17, 15) is 4.79 Å². The van der Waals surface area contributed by atoms with Gasteiger partial charge in [-0.3, -0.25) is 14.6 Å². The van der Waals surface area contributed by atoms with Crippen molar-refractivity contribution in [1.82, 2.24) is 40.0 Å². The van der Waals surface area contributed by atoms with Gasteiger partial charge >= 0.3 is 0 Å². The number of ether oxygens (including phenoxy) is 2. The molecule has 1 unspecified atom stereocenters. The van der Waals surface area contributed by atoms with Crippen LogP contribution in [0.15, 0.2) is 59.6 Å². The molecule has 3 aliphatic rings. The van der Waals surface area contributed by atoms with E-state index in [1.807, 2.05) is 38.2 Å². The summed E-state index contributed by atoms with van der Waals surface area (Å²) >= 11 is 0. The second-order valence-corrected chi connectivity index (χ2v) is 13.3. The van der Waals surface area contributed by atoms with Gasteiger partial charge in [-0.05, 0) is 50.8 Å². The summed E-state index contributed by atoms with van der Waals surface area (Å²) in [5, 5.41) is 10.7. The first-order chi connectivity index (χ1) is 24.9. The molecule has 1 amide bonds. The molecule has 2 saturated heterocycles. The zero-order valence-corrected chi connectivity index (χ0v) is 29.2. The molecule has 6 N–H and O–H groups in total. The van der Waals surface area contributed by atoms with Gasteiger partial charge in [0.15, 0.2) is 0 Å². The number of aromatic amines is 1. The zero-order chi connectivity index (χ0) is 35.2. The summed E-state index contributed by atoms with van der Waals surface area (Å²) in [6.07, 6.45) is 10.2. The van der Waals surface area contributed by atoms with Crippen LogP contribution in [0.25, 0.3) is 22.2 Å². The van der Waals surface area contributed by atoms with Crippen LogP contribution in [0.4, 0.5) is 17.6 Å². The highest BCUT2D eigenvalue weighted by Crippen LogP contribution is 2.33. The van der Waals surface area contributed by atoms with E-state index < -0.39 is 0 Å². The minimum atomic E-state index is -0.0958. The van der Waals surface area contributed by atoms with Gasteiger partial charge in [0.2, 0.25) is 17.7 Å². The largest absolute Gasteiger partial charge is 0.473 e. The Morgan fingerprint density at radius 1 is 1.14 bits per heavy atom. The Morgan fingerprint density at radius 2 is 2.00 bits per heavy atom. The van der Waals surface area contributed by atoms with E-state index in [1.54, 1.807) is 24.5 Å². The minimum absolute atomic E-state index is 0.0427. The lowest BCUT2D eigenvalue weighted by molar-refractivity contribution is -0.117. The van der Waals surface area contributed by atoms with E-state index in [0.717, 1.165) is 98.6 Å². The van der Waals surface area contributed by atoms with Gasteiger partial charge in [-0.25, -0.2) is 15.0 Å². The number of likely N-dealkylation sites (tertiary alicyclic amines) is 1. The molecular weight excluding hydrogens is 648 g/mol. The maximum Gasteiger partial charge on any atom is 0.251 e. The molecule has 1 saturated carbocycles. The first-order valence-corrected chi connectivity index (χ1v) is 17.7. The highest BCUT2D eigenvalue weighted by Gasteiger charge is 2.27. The van der Waals surface area contributed by atoms with Crippen molar-refractivity contribution in [2.45, 2.75) is 45.3 Å². The lowest BCUT2D eigenvalue weighted by Gasteiger charge is -2.26. The van der Waals surface area contributed by atoms with Gasteiger partial charge in [0.25, 0.3) is 5.95 Å². The number of hydrogen-bond acceptors (Lipinski definition) is 12. The number of nitrogens with two attached hydrogens (primary N) is 1. The smallest absolute Gasteiger partial charge is 0.251 e. The normalized spacial score (nSPS) is 19.0. The summed E-state index contributed by atoms with van der Waals surface area (Å²) in [4.78, 5) is 43.5. The third kappa shape index (κ3) is 9.17. The molecule has 4 aromatic rings. The van der Waals surface area contributed by atoms with Gasteiger partial charge in [-0.15, -0.1) is 0 Å². The summed E-state index contributed by atoms with van der Waals surface area (Å²) in [5.41, 5.74) is 11.2. The number of nitrogens with one attached hydrogen (secondary N) is 4. The number of allylic oxidation sites excluding steroid dienone is 1. The average molecular weight is 695 g/mol. The van der Waals surface area contributed by atoms with Gasteiger partial charge in [0.1, 0.15) is 11.9 Å². The number of amides is 1. The first kappa shape index (κ1) is 34.3. The molecule has 15 heteroatoms. The molecule has 0 bridgehead atoms. The molecule has 7 rings (SSSR count). The quantitative estimate of drug-likeness (QED) is 0.0961. The molecule has 1 aromatic carbocycles. The fourth-order valence-corrected chi connectivity index (χ4v) is 6.36. The Morgan fingerprint density at radius 3 is 2.84 bits per heavy atom. The van der Waals surface area contributed by atoms with Crippen LogP contribution in [-0.4, -0.2) is 118 Å². The van der Waals surface area contributed by atoms with Crippen molar-refractivity contribution in [3.8, 4) is 17.1 Å². The molecule has 15 nitrogen and oxygen atoms in total. The summed E-state index contributed by atoms with van der Waals surface area (Å²) in [5.74, 6) is 1.63. The lowest BCUT2D eigenvalue weighted by atomic mass is 10.1. The number of anilines is 2. The number of rotatable bonds is 14. The molecule has 51 heavy (non-hydrogen) atoms. The van der Waals surface area contributed by atoms with Crippen LogP contribution >= 0.6 is 0 Å². The van der Waals surface area contributed by atoms with E-state index in [-0.39, 0.29) is 24.5 Å². The van der Waals surface area contributed by atoms with Crippen LogP contribution in [0.2, 0.25) is 0 Å². The molecule has 268 valence electrons. The molecule has 3 aromatic heterocycles. The summed E-state index contributed by atoms with van der Waals surface area (Å²) in [6.45, 7) is 10.8. The Bertz CT molecular complexity index is 1900. The fraction of sp³-hybridized carbons (Fsp3) is 0.444. The molecule has 0 spiro atoms. The van der Waals surface area contributed by atoms with E-state index in [1.165, 1.54) is 0 Å². The number of aromatic nitrogens is 5. The third-order valence-electron chi connectivity index (χ3n) is 9.16. The molecule has 5 heterocycles. The molecular formula is C36H46N12O3. The summed E-state index contributed by atoms with van der Waals surface area (Å²) in [6, 6.07) is 8.07. The number of benzene rings is 1. The van der Waals surface area contributed by atoms with Gasteiger partial charge < -0.3 is 36.1 Å². The number of carbonyl (C=O) groups is 1. The van der Waals surface area contributed by atoms with Crippen molar-refractivity contribution in [3.05, 3.63) is 60.2 Å². The molecule has 1 aliphatic carbocycles. The summed E-state index contributed by atoms with van der Waals surface area (Å²) in [7, 11) is 0. The first-order valence-electron chi connectivity index (χ1n) is 17.7. The van der Waals surface area contributed by atoms with Crippen molar-refractivity contribution in [3.63, 3.8) is 0 Å². The molecule has 1 atom stereocenters. The SMILES string of the molecule is C/C(=C/C(N)=N\c1ncc(C)c(-c2c[nH]c3c(NC(=O)CN4CCC(Oc5ccnc(NC6CC6)n5)C4)cccc23)n1)NCCN1CCOCC1. The standard InChI is InChI=1S/C36H46N12O3/c1-23-19-41-36(44-30(37)18-24(2)38-11-13-47-14-16-50-17-15-47)46-33(23)28-20-40-34-27(28)4-3-5-29(34)43-31(49)22-48-12-9-26(21-48)51-32-8-10-39-35(45-32)42-25-6-7-25/h3-5,8,10,18-20,25-26,38,40H,6-7,9,11-17,21-22H2,1-2H3,(H,43,49)(H,39,42,45)(H2,37,41,44,46)/b24-18-. The number of amidine groups is 1. The minimum Gasteiger partial charge on any atom is -0.473 e. The lowest BCUT2D eigenvalue weighted by Crippen LogP contribution is -2.40. The number of fused-ring (bicyclic) bond motifs is 1. The average Bonchev–Trinajstić information content (AvgIpc) is 3.65. The van der Waals surface area contributed by atoms with Crippen molar-refractivity contribution >= 4 is 40.2 Å². The monoisotopic (exact) mass is 694 g/mol. The summed E-state index contributed by atoms with van der Waals surface area (Å²) < 4.78 is 11.6. The van der Waals surface area contributed by atoms with Crippen molar-refractivity contribution in [2.75, 3.05) is 69.7 Å². The second-order valence-electron chi connectivity index (χ2n) is 13.3. The third-order valence-corrected chi connectivity index (χ3v) is 9.16. The number of nitrogens with zero attached hydrogens (tertiary/aromatic N) is 7. The molecule has 3 fully saturated rings. The van der Waals surface area contributed by atoms with Crippen LogP contribution in [0.1, 0.15) is 31.7 Å². The highest BCUT2D eigenvalue weighted by molar-refractivity contribution is 6.06. The van der Waals surface area contributed by atoms with E-state index in [2.05, 4.69) is 50.7 Å². The maximum atomic E-state index is 13.2. The Kier molecular flexibility index (Phi) is 10.7. The van der Waals surface area contributed by atoms with Crippen molar-refractivity contribution in [2.24, 2.45) is 10.7 Å². The van der Waals surface area contributed by atoms with Gasteiger partial charge in [0.05, 0.1) is 36.7 Å². The van der Waals surface area contributed by atoms with Crippen LogP contribution in [0, 0.1) is 6.92 Å². The van der Waals surface area contributed by atoms with E-state index >= 15 is 0 Å². The maximum absolute atomic E-state index is 13.2. The van der Waals surface area contributed by atoms with Crippen LogP contribution < -0.4 is 26.4 Å². The Balaban J connectivity index is 0.958. The number of aryl methyl sites for hydroxylation is 1. The van der Waals surface area contributed by atoms with Gasteiger partial charge in [0, 0.05) is 86.6 Å². The van der Waals surface area contributed by atoms with Crippen LogP contribution in [0.5, 0.6) is 5.88 Å². The number of morpholine rings is 1. The molecule has 0 radical (unpaired) electrons. The number of para-hydroxylation sites is 1. The fourth-order valence-electron chi connectivity index (χ4n) is 6.36. The highest BCUT2D eigenvalue weighted by atomic mass is 16.5. The Hall–Kier alpha value is -5.12. The number of H-pyrrole nitrogens is 1. The van der Waals surface area contributed by atoms with E-state index in [0.29, 0.717) is 35.9 Å². The number of hydrogen-bond donors (Lipinski definition) is 5. The number of carbonyl (C=O) groups excluding carboxylic acids is 1. The van der Waals surface area contributed by atoms with Crippen molar-refractivity contribution < 1.29 is 14.3 Å². The predicted octanol–water partition coefficient (Wildman–Crippen LogP) is 3.20. The second kappa shape index (κ2) is 15.8. The van der Waals surface area contributed by atoms with Gasteiger partial charge in [-0.2, -0.15) is 9.98 Å².